The van der Waals surface area contributed by atoms with Crippen molar-refractivity contribution in [2.75, 3.05) is 26.6 Å². The molecule has 1 N–H and O–H groups in total. The molecule has 0 bridgehead atoms. The van der Waals surface area contributed by atoms with Crippen LogP contribution >= 0.6 is 0 Å². The first-order chi connectivity index (χ1) is 15.7. The maximum absolute atomic E-state index is 13.2. The van der Waals surface area contributed by atoms with Crippen molar-refractivity contribution in [3.63, 3.8) is 0 Å². The molecule has 184 valence electrons. The van der Waals surface area contributed by atoms with Crippen molar-refractivity contribution in [3.05, 3.63) is 11.6 Å². The number of ketones is 2. The lowest BCUT2D eigenvalue weighted by Crippen LogP contribution is -2.60. The van der Waals surface area contributed by atoms with Crippen molar-refractivity contribution >= 4 is 17.5 Å². The summed E-state index contributed by atoms with van der Waals surface area (Å²) in [4.78, 5) is 37.9. The van der Waals surface area contributed by atoms with Crippen LogP contribution in [0.15, 0.2) is 11.6 Å². The summed E-state index contributed by atoms with van der Waals surface area (Å²) in [6.07, 6.45) is 8.23. The van der Waals surface area contributed by atoms with E-state index in [4.69, 9.17) is 14.2 Å². The molecule has 4 aliphatic rings. The Bertz CT molecular complexity index is 834. The van der Waals surface area contributed by atoms with Gasteiger partial charge in [0.1, 0.15) is 20.0 Å². The molecular weight excluding hydrogens is 424 g/mol. The average Bonchev–Trinajstić information content (AvgIpc) is 3.09. The molecule has 3 fully saturated rings. The maximum atomic E-state index is 13.2. The van der Waals surface area contributed by atoms with Crippen LogP contribution in [0.25, 0.3) is 0 Å². The van der Waals surface area contributed by atoms with Crippen LogP contribution < -0.4 is 0 Å². The van der Waals surface area contributed by atoms with E-state index in [2.05, 4.69) is 13.8 Å². The number of aliphatic hydroxyl groups excluding tert-OH is 1. The summed E-state index contributed by atoms with van der Waals surface area (Å²) < 4.78 is 16.3. The van der Waals surface area contributed by atoms with E-state index < -0.39 is 29.4 Å². The second-order valence-electron chi connectivity index (χ2n) is 10.8. The third-order valence-electron chi connectivity index (χ3n) is 9.55. The molecule has 7 nitrogen and oxygen atoms in total. The van der Waals surface area contributed by atoms with Crippen molar-refractivity contribution in [2.24, 2.45) is 28.6 Å². The van der Waals surface area contributed by atoms with E-state index in [9.17, 15) is 19.5 Å². The van der Waals surface area contributed by atoms with Gasteiger partial charge in [-0.3, -0.25) is 9.59 Å². The molecule has 0 saturated heterocycles. The number of allylic oxidation sites excluding steroid dienone is 1. The number of carbonyl (C=O) groups is 3. The quantitative estimate of drug-likeness (QED) is 0.335. The van der Waals surface area contributed by atoms with Gasteiger partial charge in [-0.25, -0.2) is 4.79 Å². The predicted octanol–water partition coefficient (Wildman–Crippen LogP) is 3.37. The fourth-order valence-electron chi connectivity index (χ4n) is 7.86. The second kappa shape index (κ2) is 9.23. The molecule has 6 atom stereocenters. The number of aliphatic hydroxyl groups is 1. The Morgan fingerprint density at radius 3 is 2.55 bits per heavy atom. The van der Waals surface area contributed by atoms with Gasteiger partial charge in [0.15, 0.2) is 11.4 Å². The summed E-state index contributed by atoms with van der Waals surface area (Å²) in [5.41, 5.74) is -0.500. The van der Waals surface area contributed by atoms with E-state index >= 15 is 0 Å². The van der Waals surface area contributed by atoms with Crippen LogP contribution in [-0.2, 0) is 28.6 Å². The van der Waals surface area contributed by atoms with Crippen molar-refractivity contribution in [2.45, 2.75) is 77.7 Å². The number of carbonyl (C=O) groups excluding carboxylic acids is 3. The van der Waals surface area contributed by atoms with Gasteiger partial charge in [0, 0.05) is 18.4 Å². The van der Waals surface area contributed by atoms with Gasteiger partial charge in [-0.2, -0.15) is 0 Å². The Kier molecular flexibility index (Phi) is 6.87. The van der Waals surface area contributed by atoms with Gasteiger partial charge in [-0.1, -0.05) is 19.4 Å². The smallest absolute Gasteiger partial charge is 0.333 e. The summed E-state index contributed by atoms with van der Waals surface area (Å²) in [7, 11) is 0. The summed E-state index contributed by atoms with van der Waals surface area (Å²) in [5.74, 6) is 0.366. The van der Waals surface area contributed by atoms with E-state index in [1.807, 2.05) is 13.0 Å². The highest BCUT2D eigenvalue weighted by Gasteiger charge is 2.68. The van der Waals surface area contributed by atoms with Crippen molar-refractivity contribution < 1.29 is 33.7 Å². The minimum absolute atomic E-state index is 0.00682. The van der Waals surface area contributed by atoms with Crippen LogP contribution in [0, 0.1) is 28.6 Å². The lowest BCUT2D eigenvalue weighted by Gasteiger charge is -2.59. The van der Waals surface area contributed by atoms with Gasteiger partial charge in [0.05, 0.1) is 0 Å². The highest BCUT2D eigenvalue weighted by molar-refractivity contribution is 5.92. The molecule has 4 aliphatic carbocycles. The monoisotopic (exact) mass is 462 g/mol. The molecule has 33 heavy (non-hydrogen) atoms. The topological polar surface area (TPSA) is 99.1 Å². The molecule has 0 unspecified atom stereocenters. The van der Waals surface area contributed by atoms with Crippen LogP contribution in [0.3, 0.4) is 0 Å². The van der Waals surface area contributed by atoms with Gasteiger partial charge in [-0.05, 0) is 81.1 Å². The molecule has 0 amide bonds. The van der Waals surface area contributed by atoms with Crippen LogP contribution in [0.5, 0.6) is 0 Å². The van der Waals surface area contributed by atoms with Crippen LogP contribution in [0.1, 0.15) is 72.1 Å². The van der Waals surface area contributed by atoms with E-state index in [0.29, 0.717) is 31.3 Å². The predicted molar refractivity (Wildman–Crippen MR) is 120 cm³/mol. The highest BCUT2D eigenvalue weighted by atomic mass is 16.7. The Hall–Kier alpha value is -1.57. The normalized spacial score (nSPS) is 39.8. The third kappa shape index (κ3) is 3.90. The zero-order valence-electron chi connectivity index (χ0n) is 20.2. The number of hydrogen-bond acceptors (Lipinski definition) is 7. The fraction of sp³-hybridized carbons (Fsp3) is 0.808. The average molecular weight is 463 g/mol. The first-order valence-electron chi connectivity index (χ1n) is 12.5. The number of hydrogen-bond donors (Lipinski definition) is 1. The number of esters is 1. The molecule has 4 rings (SSSR count). The van der Waals surface area contributed by atoms with E-state index in [1.54, 1.807) is 0 Å². The van der Waals surface area contributed by atoms with Crippen LogP contribution in [0.4, 0.5) is 0 Å². The fourth-order valence-corrected chi connectivity index (χ4v) is 7.86. The molecular formula is C26H38O7. The first-order valence-corrected chi connectivity index (χ1v) is 12.5. The van der Waals surface area contributed by atoms with Gasteiger partial charge >= 0.3 is 5.97 Å². The number of rotatable bonds is 8. The Labute approximate surface area is 196 Å². The summed E-state index contributed by atoms with van der Waals surface area (Å²) >= 11 is 0. The molecule has 0 aliphatic heterocycles. The van der Waals surface area contributed by atoms with Gasteiger partial charge in [0.25, 0.3) is 0 Å². The summed E-state index contributed by atoms with van der Waals surface area (Å²) in [5, 5.41) is 9.85. The van der Waals surface area contributed by atoms with E-state index in [1.165, 1.54) is 5.57 Å². The SMILES string of the molecule is CCOCOCC(=O)O[C@]1(C(=O)CO)CC[C@H]2[C@@H]3CCC4=CC(=O)CC[C@]4(C)[C@H]3CC[C@@]21C. The molecule has 0 heterocycles. The Balaban J connectivity index is 1.58. The molecule has 3 saturated carbocycles. The van der Waals surface area contributed by atoms with E-state index in [0.717, 1.165) is 38.5 Å². The number of ether oxygens (including phenoxy) is 3. The number of fused-ring (bicyclic) bond motifs is 5. The van der Waals surface area contributed by atoms with Gasteiger partial charge in [-0.15, -0.1) is 0 Å². The zero-order valence-corrected chi connectivity index (χ0v) is 20.2. The molecule has 0 aromatic rings. The second-order valence-corrected chi connectivity index (χ2v) is 10.8. The number of Topliss-reactive ketones (excluding diaryl/α,β-unsaturated/α-hetero) is 1. The highest BCUT2D eigenvalue weighted by Crippen LogP contribution is 2.68. The zero-order chi connectivity index (χ0) is 23.9. The molecule has 0 aromatic carbocycles. The Morgan fingerprint density at radius 2 is 1.82 bits per heavy atom. The largest absolute Gasteiger partial charge is 0.449 e. The molecule has 0 spiro atoms. The lowest BCUT2D eigenvalue weighted by atomic mass is 9.46. The lowest BCUT2D eigenvalue weighted by molar-refractivity contribution is -0.196. The summed E-state index contributed by atoms with van der Waals surface area (Å²) in [6.45, 7) is 5.79. The standard InChI is InChI=1S/C26H38O7/c1-4-31-16-32-15-23(30)33-26(22(29)14-27)12-9-21-19-6-5-17-13-18(28)7-10-24(17,2)20(19)8-11-25(21,26)3/h13,19-21,27H,4-12,14-16H2,1-3H3/t19-,20+,21+,24+,25+,26+/m1/s1. The molecule has 0 aromatic heterocycles. The van der Waals surface area contributed by atoms with E-state index in [-0.39, 0.29) is 30.5 Å². The molecule has 0 radical (unpaired) electrons. The minimum atomic E-state index is -1.32. The minimum Gasteiger partial charge on any atom is -0.449 e. The first kappa shape index (κ1) is 24.6. The van der Waals surface area contributed by atoms with Gasteiger partial charge in [0.2, 0.25) is 5.78 Å². The maximum Gasteiger partial charge on any atom is 0.333 e. The molecule has 7 heteroatoms. The van der Waals surface area contributed by atoms with Crippen molar-refractivity contribution in [1.29, 1.82) is 0 Å². The van der Waals surface area contributed by atoms with Crippen LogP contribution in [0.2, 0.25) is 0 Å². The van der Waals surface area contributed by atoms with Crippen molar-refractivity contribution in [3.8, 4) is 0 Å². The third-order valence-corrected chi connectivity index (χ3v) is 9.55. The Morgan fingerprint density at radius 1 is 1.06 bits per heavy atom. The summed E-state index contributed by atoms with van der Waals surface area (Å²) in [6, 6.07) is 0. The van der Waals surface area contributed by atoms with Crippen molar-refractivity contribution in [1.82, 2.24) is 0 Å². The van der Waals surface area contributed by atoms with Gasteiger partial charge < -0.3 is 19.3 Å². The van der Waals surface area contributed by atoms with Crippen LogP contribution in [-0.4, -0.2) is 54.9 Å².